The zero-order chi connectivity index (χ0) is 14.7. The van der Waals surface area contributed by atoms with Crippen LogP contribution in [-0.2, 0) is 11.2 Å². The maximum atomic E-state index is 11.0. The summed E-state index contributed by atoms with van der Waals surface area (Å²) in [4.78, 5) is 11.0. The Morgan fingerprint density at radius 2 is 1.90 bits per heavy atom. The lowest BCUT2D eigenvalue weighted by Gasteiger charge is -2.31. The molecule has 0 aliphatic heterocycles. The SMILES string of the molecule is O=C(O)C1CCC(CNC2CCCc3ccccc32)CC1. The predicted octanol–water partition coefficient (Wildman–Crippen LogP) is 3.54. The molecule has 0 bridgehead atoms. The number of rotatable bonds is 4. The van der Waals surface area contributed by atoms with Crippen molar-refractivity contribution in [3.63, 3.8) is 0 Å². The summed E-state index contributed by atoms with van der Waals surface area (Å²) in [7, 11) is 0. The molecule has 21 heavy (non-hydrogen) atoms. The fourth-order valence-corrected chi connectivity index (χ4v) is 3.89. The maximum absolute atomic E-state index is 11.0. The Kier molecular flexibility index (Phi) is 4.59. The van der Waals surface area contributed by atoms with Gasteiger partial charge in [0, 0.05) is 6.04 Å². The first-order valence-electron chi connectivity index (χ1n) is 8.28. The third kappa shape index (κ3) is 3.46. The number of fused-ring (bicyclic) bond motifs is 1. The molecule has 1 aromatic carbocycles. The Hall–Kier alpha value is -1.35. The Morgan fingerprint density at radius 3 is 2.67 bits per heavy atom. The van der Waals surface area contributed by atoms with E-state index in [0.29, 0.717) is 12.0 Å². The number of nitrogens with one attached hydrogen (secondary N) is 1. The molecule has 1 unspecified atom stereocenters. The predicted molar refractivity (Wildman–Crippen MR) is 83.2 cm³/mol. The molecular weight excluding hydrogens is 262 g/mol. The topological polar surface area (TPSA) is 49.3 Å². The first kappa shape index (κ1) is 14.6. The van der Waals surface area contributed by atoms with Crippen LogP contribution in [-0.4, -0.2) is 17.6 Å². The summed E-state index contributed by atoms with van der Waals surface area (Å²) < 4.78 is 0. The molecule has 2 aliphatic rings. The van der Waals surface area contributed by atoms with Gasteiger partial charge in [-0.15, -0.1) is 0 Å². The Bertz CT molecular complexity index is 492. The molecule has 0 aromatic heterocycles. The minimum absolute atomic E-state index is 0.100. The number of hydrogen-bond acceptors (Lipinski definition) is 2. The van der Waals surface area contributed by atoms with Gasteiger partial charge in [-0.05, 0) is 68.5 Å². The van der Waals surface area contributed by atoms with Crippen molar-refractivity contribution in [2.24, 2.45) is 11.8 Å². The minimum atomic E-state index is -0.609. The van der Waals surface area contributed by atoms with Gasteiger partial charge in [0.15, 0.2) is 0 Å². The largest absolute Gasteiger partial charge is 0.481 e. The van der Waals surface area contributed by atoms with E-state index in [9.17, 15) is 4.79 Å². The van der Waals surface area contributed by atoms with Crippen molar-refractivity contribution in [2.75, 3.05) is 6.54 Å². The summed E-state index contributed by atoms with van der Waals surface area (Å²) in [6.45, 7) is 1.03. The average molecular weight is 287 g/mol. The highest BCUT2D eigenvalue weighted by molar-refractivity contribution is 5.69. The van der Waals surface area contributed by atoms with Crippen LogP contribution < -0.4 is 5.32 Å². The Labute approximate surface area is 126 Å². The van der Waals surface area contributed by atoms with Gasteiger partial charge in [0.2, 0.25) is 0 Å². The van der Waals surface area contributed by atoms with Crippen LogP contribution in [0.5, 0.6) is 0 Å². The monoisotopic (exact) mass is 287 g/mol. The smallest absolute Gasteiger partial charge is 0.306 e. The van der Waals surface area contributed by atoms with Crippen LogP contribution in [0.1, 0.15) is 55.7 Å². The van der Waals surface area contributed by atoms with Crippen molar-refractivity contribution >= 4 is 5.97 Å². The van der Waals surface area contributed by atoms with Gasteiger partial charge in [-0.1, -0.05) is 24.3 Å². The zero-order valence-corrected chi connectivity index (χ0v) is 12.6. The average Bonchev–Trinajstić information content (AvgIpc) is 2.53. The lowest BCUT2D eigenvalue weighted by atomic mass is 9.81. The first-order chi connectivity index (χ1) is 10.2. The molecular formula is C18H25NO2. The number of carboxylic acids is 1. The molecule has 114 valence electrons. The lowest BCUT2D eigenvalue weighted by molar-refractivity contribution is -0.143. The van der Waals surface area contributed by atoms with Crippen molar-refractivity contribution in [1.29, 1.82) is 0 Å². The van der Waals surface area contributed by atoms with E-state index >= 15 is 0 Å². The van der Waals surface area contributed by atoms with Gasteiger partial charge in [0.1, 0.15) is 0 Å². The van der Waals surface area contributed by atoms with Gasteiger partial charge in [-0.2, -0.15) is 0 Å². The normalized spacial score (nSPS) is 28.9. The molecule has 1 fully saturated rings. The minimum Gasteiger partial charge on any atom is -0.481 e. The fraction of sp³-hybridized carbons (Fsp3) is 0.611. The third-order valence-electron chi connectivity index (χ3n) is 5.22. The van der Waals surface area contributed by atoms with Crippen LogP contribution in [0.3, 0.4) is 0 Å². The number of carboxylic acid groups (broad SMARTS) is 1. The summed E-state index contributed by atoms with van der Waals surface area (Å²) in [5.41, 5.74) is 2.97. The quantitative estimate of drug-likeness (QED) is 0.890. The van der Waals surface area contributed by atoms with E-state index in [4.69, 9.17) is 5.11 Å². The third-order valence-corrected chi connectivity index (χ3v) is 5.22. The van der Waals surface area contributed by atoms with Crippen molar-refractivity contribution in [2.45, 2.75) is 51.0 Å². The van der Waals surface area contributed by atoms with E-state index in [-0.39, 0.29) is 5.92 Å². The van der Waals surface area contributed by atoms with E-state index < -0.39 is 5.97 Å². The van der Waals surface area contributed by atoms with Crippen molar-refractivity contribution in [3.05, 3.63) is 35.4 Å². The second kappa shape index (κ2) is 6.61. The Balaban J connectivity index is 1.52. The Morgan fingerprint density at radius 1 is 1.14 bits per heavy atom. The molecule has 0 saturated heterocycles. The van der Waals surface area contributed by atoms with E-state index in [1.807, 2.05) is 0 Å². The van der Waals surface area contributed by atoms with Crippen LogP contribution in [0.2, 0.25) is 0 Å². The molecule has 0 heterocycles. The number of benzene rings is 1. The molecule has 0 radical (unpaired) electrons. The molecule has 0 amide bonds. The molecule has 3 nitrogen and oxygen atoms in total. The van der Waals surface area contributed by atoms with Crippen molar-refractivity contribution < 1.29 is 9.90 Å². The van der Waals surface area contributed by atoms with E-state index in [0.717, 1.165) is 32.2 Å². The molecule has 1 atom stereocenters. The fourth-order valence-electron chi connectivity index (χ4n) is 3.89. The highest BCUT2D eigenvalue weighted by atomic mass is 16.4. The molecule has 1 aromatic rings. The molecule has 1 saturated carbocycles. The van der Waals surface area contributed by atoms with E-state index in [2.05, 4.69) is 29.6 Å². The van der Waals surface area contributed by atoms with E-state index in [1.54, 1.807) is 0 Å². The summed E-state index contributed by atoms with van der Waals surface area (Å²) in [5, 5.41) is 12.8. The van der Waals surface area contributed by atoms with Gasteiger partial charge in [-0.3, -0.25) is 4.79 Å². The van der Waals surface area contributed by atoms with Gasteiger partial charge in [0.25, 0.3) is 0 Å². The highest BCUT2D eigenvalue weighted by Gasteiger charge is 2.27. The lowest BCUT2D eigenvalue weighted by Crippen LogP contribution is -2.32. The van der Waals surface area contributed by atoms with Crippen molar-refractivity contribution in [1.82, 2.24) is 5.32 Å². The second-order valence-electron chi connectivity index (χ2n) is 6.61. The molecule has 3 heteroatoms. The molecule has 3 rings (SSSR count). The van der Waals surface area contributed by atoms with Gasteiger partial charge in [0.05, 0.1) is 5.92 Å². The number of hydrogen-bond donors (Lipinski definition) is 2. The summed E-state index contributed by atoms with van der Waals surface area (Å²) in [5.74, 6) is -0.0611. The highest BCUT2D eigenvalue weighted by Crippen LogP contribution is 2.32. The van der Waals surface area contributed by atoms with Crippen LogP contribution in [0.4, 0.5) is 0 Å². The molecule has 2 N–H and O–H groups in total. The van der Waals surface area contributed by atoms with Crippen LogP contribution in [0.25, 0.3) is 0 Å². The van der Waals surface area contributed by atoms with Crippen LogP contribution in [0, 0.1) is 11.8 Å². The number of carbonyl (C=O) groups is 1. The van der Waals surface area contributed by atoms with Gasteiger partial charge in [-0.25, -0.2) is 0 Å². The van der Waals surface area contributed by atoms with Crippen LogP contribution in [0.15, 0.2) is 24.3 Å². The van der Waals surface area contributed by atoms with Crippen molar-refractivity contribution in [3.8, 4) is 0 Å². The molecule has 0 spiro atoms. The zero-order valence-electron chi connectivity index (χ0n) is 12.6. The number of aliphatic carboxylic acids is 1. The number of aryl methyl sites for hydroxylation is 1. The summed E-state index contributed by atoms with van der Waals surface area (Å²) in [6, 6.07) is 9.27. The van der Waals surface area contributed by atoms with E-state index in [1.165, 1.54) is 30.4 Å². The maximum Gasteiger partial charge on any atom is 0.306 e. The van der Waals surface area contributed by atoms with Gasteiger partial charge < -0.3 is 10.4 Å². The summed E-state index contributed by atoms with van der Waals surface area (Å²) in [6.07, 6.45) is 7.50. The second-order valence-corrected chi connectivity index (χ2v) is 6.61. The first-order valence-corrected chi connectivity index (χ1v) is 8.28. The van der Waals surface area contributed by atoms with Gasteiger partial charge >= 0.3 is 5.97 Å². The molecule has 2 aliphatic carbocycles. The van der Waals surface area contributed by atoms with Crippen LogP contribution >= 0.6 is 0 Å². The standard InChI is InChI=1S/C18H25NO2/c20-18(21)15-10-8-13(9-11-15)12-19-17-7-3-5-14-4-1-2-6-16(14)17/h1-2,4,6,13,15,17,19H,3,5,7-12H2,(H,20,21). The summed E-state index contributed by atoms with van der Waals surface area (Å²) >= 11 is 0.